The molecular formula is C16H26ClN3O2. The molecule has 0 fully saturated rings. The number of rotatable bonds is 9. The zero-order valence-corrected chi connectivity index (χ0v) is 14.4. The van der Waals surface area contributed by atoms with Gasteiger partial charge >= 0.3 is 0 Å². The van der Waals surface area contributed by atoms with Crippen molar-refractivity contribution in [3.05, 3.63) is 34.9 Å². The normalized spacial score (nSPS) is 11.5. The third kappa shape index (κ3) is 7.64. The molecule has 0 radical (unpaired) electrons. The maximum absolute atomic E-state index is 5.91. The SMILES string of the molecule is CCNC(=NCCOCCOC)N(C)Cc1ccc(Cl)cc1. The molecule has 0 aliphatic rings. The van der Waals surface area contributed by atoms with E-state index in [1.807, 2.05) is 31.3 Å². The van der Waals surface area contributed by atoms with E-state index in [0.717, 1.165) is 24.1 Å². The summed E-state index contributed by atoms with van der Waals surface area (Å²) >= 11 is 5.91. The van der Waals surface area contributed by atoms with Crippen LogP contribution in [0.3, 0.4) is 0 Å². The van der Waals surface area contributed by atoms with Crippen molar-refractivity contribution in [3.63, 3.8) is 0 Å². The number of hydrogen-bond donors (Lipinski definition) is 1. The summed E-state index contributed by atoms with van der Waals surface area (Å²) in [4.78, 5) is 6.65. The number of halogens is 1. The van der Waals surface area contributed by atoms with Gasteiger partial charge in [-0.05, 0) is 24.6 Å². The predicted molar refractivity (Wildman–Crippen MR) is 91.6 cm³/mol. The number of benzene rings is 1. The van der Waals surface area contributed by atoms with Crippen molar-refractivity contribution in [2.45, 2.75) is 13.5 Å². The average Bonchev–Trinajstić information content (AvgIpc) is 2.51. The van der Waals surface area contributed by atoms with Gasteiger partial charge in [-0.3, -0.25) is 4.99 Å². The lowest BCUT2D eigenvalue weighted by atomic mass is 10.2. The van der Waals surface area contributed by atoms with E-state index in [9.17, 15) is 0 Å². The molecule has 0 atom stereocenters. The summed E-state index contributed by atoms with van der Waals surface area (Å²) in [5, 5.41) is 4.04. The highest BCUT2D eigenvalue weighted by Crippen LogP contribution is 2.10. The fourth-order valence-electron chi connectivity index (χ4n) is 1.87. The van der Waals surface area contributed by atoms with E-state index in [-0.39, 0.29) is 0 Å². The Balaban J connectivity index is 2.47. The number of hydrogen-bond acceptors (Lipinski definition) is 3. The zero-order valence-electron chi connectivity index (χ0n) is 13.6. The van der Waals surface area contributed by atoms with Gasteiger partial charge < -0.3 is 19.7 Å². The number of guanidine groups is 1. The predicted octanol–water partition coefficient (Wildman–Crippen LogP) is 2.40. The van der Waals surface area contributed by atoms with Crippen LogP contribution >= 0.6 is 11.6 Å². The lowest BCUT2D eigenvalue weighted by Gasteiger charge is -2.22. The Morgan fingerprint density at radius 2 is 1.95 bits per heavy atom. The highest BCUT2D eigenvalue weighted by molar-refractivity contribution is 6.30. The quantitative estimate of drug-likeness (QED) is 0.430. The van der Waals surface area contributed by atoms with Gasteiger partial charge in [0.05, 0.1) is 26.4 Å². The summed E-state index contributed by atoms with van der Waals surface area (Å²) in [5.74, 6) is 0.868. The first-order chi connectivity index (χ1) is 10.7. The number of aliphatic imine (C=N–C) groups is 1. The summed E-state index contributed by atoms with van der Waals surface area (Å²) in [5.41, 5.74) is 1.19. The van der Waals surface area contributed by atoms with Crippen molar-refractivity contribution in [1.29, 1.82) is 0 Å². The Morgan fingerprint density at radius 1 is 1.23 bits per heavy atom. The van der Waals surface area contributed by atoms with E-state index in [0.29, 0.717) is 26.4 Å². The van der Waals surface area contributed by atoms with Crippen molar-refractivity contribution >= 4 is 17.6 Å². The largest absolute Gasteiger partial charge is 0.382 e. The molecule has 0 saturated carbocycles. The van der Waals surface area contributed by atoms with Crippen LogP contribution in [-0.2, 0) is 16.0 Å². The second-order valence-electron chi connectivity index (χ2n) is 4.82. The van der Waals surface area contributed by atoms with Gasteiger partial charge in [0.2, 0.25) is 0 Å². The molecule has 0 aliphatic carbocycles. The smallest absolute Gasteiger partial charge is 0.194 e. The van der Waals surface area contributed by atoms with E-state index in [1.165, 1.54) is 5.56 Å². The summed E-state index contributed by atoms with van der Waals surface area (Å²) in [6.07, 6.45) is 0. The van der Waals surface area contributed by atoms with E-state index in [4.69, 9.17) is 21.1 Å². The molecule has 0 spiro atoms. The van der Waals surface area contributed by atoms with Crippen LogP contribution in [0.1, 0.15) is 12.5 Å². The molecule has 1 N–H and O–H groups in total. The van der Waals surface area contributed by atoms with E-state index in [1.54, 1.807) is 7.11 Å². The highest BCUT2D eigenvalue weighted by atomic mass is 35.5. The first-order valence-electron chi connectivity index (χ1n) is 7.48. The molecule has 0 aromatic heterocycles. The third-order valence-corrected chi connectivity index (χ3v) is 3.21. The molecule has 1 aromatic carbocycles. The molecule has 0 bridgehead atoms. The van der Waals surface area contributed by atoms with Gasteiger partial charge in [-0.15, -0.1) is 0 Å². The Kier molecular flexibility index (Phi) is 9.62. The molecule has 6 heteroatoms. The Hall–Kier alpha value is -1.30. The minimum Gasteiger partial charge on any atom is -0.382 e. The second kappa shape index (κ2) is 11.3. The number of nitrogens with zero attached hydrogens (tertiary/aromatic N) is 2. The standard InChI is InChI=1S/C16H26ClN3O2/c1-4-18-16(19-9-10-22-12-11-21-3)20(2)13-14-5-7-15(17)8-6-14/h5-8H,4,9-13H2,1-3H3,(H,18,19). The third-order valence-electron chi connectivity index (χ3n) is 2.96. The Morgan fingerprint density at radius 3 is 2.59 bits per heavy atom. The van der Waals surface area contributed by atoms with Crippen molar-refractivity contribution in [2.24, 2.45) is 4.99 Å². The minimum absolute atomic E-state index is 0.590. The van der Waals surface area contributed by atoms with Crippen LogP contribution < -0.4 is 5.32 Å². The van der Waals surface area contributed by atoms with Crippen LogP contribution in [0.2, 0.25) is 5.02 Å². The number of ether oxygens (including phenoxy) is 2. The van der Waals surface area contributed by atoms with Gasteiger partial charge in [0.1, 0.15) is 0 Å². The maximum atomic E-state index is 5.91. The van der Waals surface area contributed by atoms with Crippen molar-refractivity contribution in [2.75, 3.05) is 47.1 Å². The molecule has 0 saturated heterocycles. The lowest BCUT2D eigenvalue weighted by Crippen LogP contribution is -2.38. The molecule has 1 rings (SSSR count). The fraction of sp³-hybridized carbons (Fsp3) is 0.562. The minimum atomic E-state index is 0.590. The van der Waals surface area contributed by atoms with Crippen molar-refractivity contribution in [3.8, 4) is 0 Å². The van der Waals surface area contributed by atoms with Gasteiger partial charge in [-0.1, -0.05) is 23.7 Å². The van der Waals surface area contributed by atoms with Crippen LogP contribution in [0.4, 0.5) is 0 Å². The Bertz CT molecular complexity index is 438. The van der Waals surface area contributed by atoms with Crippen molar-refractivity contribution < 1.29 is 9.47 Å². The molecule has 22 heavy (non-hydrogen) atoms. The van der Waals surface area contributed by atoms with Gasteiger partial charge in [-0.2, -0.15) is 0 Å². The number of methoxy groups -OCH3 is 1. The van der Waals surface area contributed by atoms with Crippen LogP contribution in [0.15, 0.2) is 29.3 Å². The van der Waals surface area contributed by atoms with Gasteiger partial charge in [-0.25, -0.2) is 0 Å². The van der Waals surface area contributed by atoms with Gasteiger partial charge in [0.15, 0.2) is 5.96 Å². The van der Waals surface area contributed by atoms with Gasteiger partial charge in [0, 0.05) is 32.3 Å². The molecule has 1 aromatic rings. The van der Waals surface area contributed by atoms with E-state index < -0.39 is 0 Å². The summed E-state index contributed by atoms with van der Waals surface area (Å²) in [7, 11) is 3.68. The molecule has 0 aliphatic heterocycles. The van der Waals surface area contributed by atoms with Crippen LogP contribution in [0.25, 0.3) is 0 Å². The topological polar surface area (TPSA) is 46.1 Å². The molecular weight excluding hydrogens is 302 g/mol. The summed E-state index contributed by atoms with van der Waals surface area (Å²) in [6.45, 7) is 6.08. The zero-order chi connectivity index (χ0) is 16.2. The molecule has 0 heterocycles. The van der Waals surface area contributed by atoms with Crippen LogP contribution in [-0.4, -0.2) is 57.9 Å². The Labute approximate surface area is 138 Å². The maximum Gasteiger partial charge on any atom is 0.194 e. The second-order valence-corrected chi connectivity index (χ2v) is 5.26. The average molecular weight is 328 g/mol. The first-order valence-corrected chi connectivity index (χ1v) is 7.85. The molecule has 124 valence electrons. The van der Waals surface area contributed by atoms with Crippen molar-refractivity contribution in [1.82, 2.24) is 10.2 Å². The van der Waals surface area contributed by atoms with E-state index in [2.05, 4.69) is 22.1 Å². The van der Waals surface area contributed by atoms with Gasteiger partial charge in [0.25, 0.3) is 0 Å². The molecule has 0 amide bonds. The van der Waals surface area contributed by atoms with E-state index >= 15 is 0 Å². The lowest BCUT2D eigenvalue weighted by molar-refractivity contribution is 0.0747. The van der Waals surface area contributed by atoms with Crippen LogP contribution in [0.5, 0.6) is 0 Å². The molecule has 0 unspecified atom stereocenters. The fourth-order valence-corrected chi connectivity index (χ4v) is 1.99. The first kappa shape index (κ1) is 18.7. The van der Waals surface area contributed by atoms with Crippen LogP contribution in [0, 0.1) is 0 Å². The molecule has 5 nitrogen and oxygen atoms in total. The monoisotopic (exact) mass is 327 g/mol. The highest BCUT2D eigenvalue weighted by Gasteiger charge is 2.06. The summed E-state index contributed by atoms with van der Waals surface area (Å²) in [6, 6.07) is 7.85. The summed E-state index contributed by atoms with van der Waals surface area (Å²) < 4.78 is 10.4. The number of nitrogens with one attached hydrogen (secondary N) is 1.